The van der Waals surface area contributed by atoms with Gasteiger partial charge in [0.15, 0.2) is 9.84 Å². The monoisotopic (exact) mass is 294 g/mol. The first kappa shape index (κ1) is 14.7. The summed E-state index contributed by atoms with van der Waals surface area (Å²) in [5, 5.41) is 5.87. The van der Waals surface area contributed by atoms with Crippen LogP contribution in [0.3, 0.4) is 0 Å². The Morgan fingerprint density at radius 2 is 1.95 bits per heavy atom. The van der Waals surface area contributed by atoms with Crippen LogP contribution in [0, 0.1) is 6.92 Å². The van der Waals surface area contributed by atoms with Gasteiger partial charge in [-0.15, -0.1) is 0 Å². The first-order chi connectivity index (χ1) is 9.29. The molecule has 0 saturated carbocycles. The van der Waals surface area contributed by atoms with Crippen molar-refractivity contribution in [2.45, 2.75) is 18.7 Å². The average molecular weight is 294 g/mol. The quantitative estimate of drug-likeness (QED) is 0.823. The van der Waals surface area contributed by atoms with E-state index in [4.69, 9.17) is 0 Å². The van der Waals surface area contributed by atoms with Crippen molar-refractivity contribution in [2.24, 2.45) is 0 Å². The van der Waals surface area contributed by atoms with E-state index in [0.717, 1.165) is 30.5 Å². The number of hydrogen-bond acceptors (Lipinski definition) is 4. The van der Waals surface area contributed by atoms with Crippen molar-refractivity contribution in [1.29, 1.82) is 0 Å². The Hall–Kier alpha value is -1.66. The lowest BCUT2D eigenvalue weighted by Gasteiger charge is -2.21. The number of amides is 1. The minimum absolute atomic E-state index is 0.185. The van der Waals surface area contributed by atoms with Gasteiger partial charge in [0.1, 0.15) is 0 Å². The summed E-state index contributed by atoms with van der Waals surface area (Å²) in [5.74, 6) is -0.185. The van der Waals surface area contributed by atoms with Crippen molar-refractivity contribution in [1.82, 2.24) is 5.32 Å². The minimum atomic E-state index is -3.28. The van der Waals surface area contributed by atoms with Gasteiger partial charge < -0.3 is 10.6 Å². The van der Waals surface area contributed by atoms with E-state index in [1.165, 1.54) is 6.07 Å². The number of nitrogens with one attached hydrogen (secondary N) is 2. The molecular formula is C14H18N2O3S. The number of rotatable bonds is 3. The molecule has 5 nitrogen and oxygen atoms in total. The maximum absolute atomic E-state index is 12.1. The van der Waals surface area contributed by atoms with Crippen molar-refractivity contribution in [3.8, 4) is 0 Å². The maximum Gasteiger partial charge on any atom is 0.251 e. The number of benzene rings is 1. The molecule has 6 heteroatoms. The molecule has 20 heavy (non-hydrogen) atoms. The summed E-state index contributed by atoms with van der Waals surface area (Å²) in [6.45, 7) is 5.08. The lowest BCUT2D eigenvalue weighted by Crippen LogP contribution is -2.36. The van der Waals surface area contributed by atoms with E-state index in [9.17, 15) is 13.2 Å². The smallest absolute Gasteiger partial charge is 0.251 e. The molecule has 0 unspecified atom stereocenters. The van der Waals surface area contributed by atoms with Crippen LogP contribution in [0.25, 0.3) is 0 Å². The third kappa shape index (κ3) is 3.08. The van der Waals surface area contributed by atoms with Gasteiger partial charge in [0, 0.05) is 30.6 Å². The number of sulfone groups is 1. The first-order valence-electron chi connectivity index (χ1n) is 6.30. The van der Waals surface area contributed by atoms with Crippen LogP contribution in [0.15, 0.2) is 34.2 Å². The molecule has 1 amide bonds. The molecule has 1 aromatic carbocycles. The molecule has 2 N–H and O–H groups in total. The second-order valence-electron chi connectivity index (χ2n) is 5.04. The molecule has 1 aromatic rings. The molecule has 0 radical (unpaired) electrons. The van der Waals surface area contributed by atoms with Crippen molar-refractivity contribution < 1.29 is 13.2 Å². The number of anilines is 1. The summed E-state index contributed by atoms with van der Waals surface area (Å²) in [7, 11) is -3.28. The third-order valence-electron chi connectivity index (χ3n) is 3.43. The van der Waals surface area contributed by atoms with Gasteiger partial charge in [0.25, 0.3) is 5.91 Å². The number of carbonyl (C=O) groups is 1. The Balaban J connectivity index is 2.27. The van der Waals surface area contributed by atoms with E-state index in [0.29, 0.717) is 11.3 Å². The SMILES string of the molecule is CC(C(=O)Nc1cc(S(C)(=O)=O)ccc1C)=C1CNC1. The van der Waals surface area contributed by atoms with Crippen molar-refractivity contribution in [3.63, 3.8) is 0 Å². The molecule has 2 rings (SSSR count). The fraction of sp³-hybridized carbons (Fsp3) is 0.357. The molecule has 108 valence electrons. The van der Waals surface area contributed by atoms with Gasteiger partial charge in [-0.05, 0) is 37.1 Å². The molecule has 1 heterocycles. The topological polar surface area (TPSA) is 75.3 Å². The first-order valence-corrected chi connectivity index (χ1v) is 8.19. The summed E-state index contributed by atoms with van der Waals surface area (Å²) in [4.78, 5) is 12.3. The molecule has 1 saturated heterocycles. The van der Waals surface area contributed by atoms with Gasteiger partial charge in [0.2, 0.25) is 0 Å². The standard InChI is InChI=1S/C14H18N2O3S/c1-9-4-5-12(20(3,18)19)6-13(9)16-14(17)10(2)11-7-15-8-11/h4-6,15H,7-8H2,1-3H3,(H,16,17). The molecule has 1 fully saturated rings. The van der Waals surface area contributed by atoms with Crippen LogP contribution in [-0.4, -0.2) is 33.7 Å². The highest BCUT2D eigenvalue weighted by Crippen LogP contribution is 2.21. The van der Waals surface area contributed by atoms with E-state index >= 15 is 0 Å². The van der Waals surface area contributed by atoms with Crippen LogP contribution >= 0.6 is 0 Å². The van der Waals surface area contributed by atoms with Crippen LogP contribution < -0.4 is 10.6 Å². The fourth-order valence-electron chi connectivity index (χ4n) is 1.86. The number of aryl methyl sites for hydroxylation is 1. The maximum atomic E-state index is 12.1. The van der Waals surface area contributed by atoms with Crippen molar-refractivity contribution in [3.05, 3.63) is 34.9 Å². The summed E-state index contributed by atoms with van der Waals surface area (Å²) >= 11 is 0. The lowest BCUT2D eigenvalue weighted by molar-refractivity contribution is -0.112. The molecule has 0 aromatic heterocycles. The Bertz CT molecular complexity index is 684. The van der Waals surface area contributed by atoms with E-state index < -0.39 is 9.84 Å². The van der Waals surface area contributed by atoms with Crippen LogP contribution in [0.1, 0.15) is 12.5 Å². The van der Waals surface area contributed by atoms with Crippen LogP contribution in [0.2, 0.25) is 0 Å². The molecule has 0 spiro atoms. The van der Waals surface area contributed by atoms with Crippen molar-refractivity contribution >= 4 is 21.4 Å². The van der Waals surface area contributed by atoms with Crippen LogP contribution in [-0.2, 0) is 14.6 Å². The highest BCUT2D eigenvalue weighted by Gasteiger charge is 2.17. The highest BCUT2D eigenvalue weighted by atomic mass is 32.2. The number of carbonyl (C=O) groups excluding carboxylic acids is 1. The Labute approximate surface area is 119 Å². The number of hydrogen-bond donors (Lipinski definition) is 2. The molecule has 0 bridgehead atoms. The van der Waals surface area contributed by atoms with E-state index in [2.05, 4.69) is 10.6 Å². The largest absolute Gasteiger partial charge is 0.322 e. The third-order valence-corrected chi connectivity index (χ3v) is 4.54. The second-order valence-corrected chi connectivity index (χ2v) is 7.05. The van der Waals surface area contributed by atoms with E-state index in [-0.39, 0.29) is 10.8 Å². The van der Waals surface area contributed by atoms with E-state index in [1.54, 1.807) is 19.1 Å². The molecular weight excluding hydrogens is 276 g/mol. The zero-order chi connectivity index (χ0) is 14.9. The summed E-state index contributed by atoms with van der Waals surface area (Å²) in [5.41, 5.74) is 3.13. The molecule has 1 aliphatic rings. The summed E-state index contributed by atoms with van der Waals surface area (Å²) in [6.07, 6.45) is 1.15. The molecule has 0 aliphatic carbocycles. The van der Waals surface area contributed by atoms with Gasteiger partial charge >= 0.3 is 0 Å². The van der Waals surface area contributed by atoms with Gasteiger partial charge in [-0.3, -0.25) is 4.79 Å². The predicted octanol–water partition coefficient (Wildman–Crippen LogP) is 1.26. The molecule has 1 aliphatic heterocycles. The predicted molar refractivity (Wildman–Crippen MR) is 78.5 cm³/mol. The normalized spacial score (nSPS) is 14.7. The van der Waals surface area contributed by atoms with Crippen molar-refractivity contribution in [2.75, 3.05) is 24.7 Å². The summed E-state index contributed by atoms with van der Waals surface area (Å²) in [6, 6.07) is 4.74. The average Bonchev–Trinajstić information content (AvgIpc) is 2.28. The second kappa shape index (κ2) is 5.38. The lowest BCUT2D eigenvalue weighted by atomic mass is 10.0. The van der Waals surface area contributed by atoms with E-state index in [1.807, 2.05) is 6.92 Å². The van der Waals surface area contributed by atoms with Crippen LogP contribution in [0.5, 0.6) is 0 Å². The Morgan fingerprint density at radius 1 is 1.30 bits per heavy atom. The Morgan fingerprint density at radius 3 is 2.45 bits per heavy atom. The molecule has 0 atom stereocenters. The zero-order valence-electron chi connectivity index (χ0n) is 11.8. The summed E-state index contributed by atoms with van der Waals surface area (Å²) < 4.78 is 23.1. The van der Waals surface area contributed by atoms with Gasteiger partial charge in [0.05, 0.1) is 4.90 Å². The van der Waals surface area contributed by atoms with Gasteiger partial charge in [-0.25, -0.2) is 8.42 Å². The zero-order valence-corrected chi connectivity index (χ0v) is 12.6. The van der Waals surface area contributed by atoms with Gasteiger partial charge in [-0.1, -0.05) is 6.07 Å². The Kier molecular flexibility index (Phi) is 3.96. The highest BCUT2D eigenvalue weighted by molar-refractivity contribution is 7.90. The van der Waals surface area contributed by atoms with Crippen LogP contribution in [0.4, 0.5) is 5.69 Å². The van der Waals surface area contributed by atoms with Gasteiger partial charge in [-0.2, -0.15) is 0 Å². The fourth-order valence-corrected chi connectivity index (χ4v) is 2.51. The minimum Gasteiger partial charge on any atom is -0.322 e.